The Morgan fingerprint density at radius 1 is 1.06 bits per heavy atom. The summed E-state index contributed by atoms with van der Waals surface area (Å²) in [6, 6.07) is 19.0. The number of carbonyl (C=O) groups is 2. The summed E-state index contributed by atoms with van der Waals surface area (Å²) in [5.41, 5.74) is 1.00. The highest BCUT2D eigenvalue weighted by Gasteiger charge is 2.31. The summed E-state index contributed by atoms with van der Waals surface area (Å²) in [6.45, 7) is -0.257. The van der Waals surface area contributed by atoms with Crippen molar-refractivity contribution < 1.29 is 27.5 Å². The van der Waals surface area contributed by atoms with Crippen molar-refractivity contribution in [3.05, 3.63) is 83.9 Å². The number of methoxy groups -OCH3 is 1. The minimum absolute atomic E-state index is 0.150. The van der Waals surface area contributed by atoms with Crippen LogP contribution in [0.5, 0.6) is 5.75 Å². The number of amides is 2. The second-order valence-electron chi connectivity index (χ2n) is 7.65. The van der Waals surface area contributed by atoms with Gasteiger partial charge in [-0.15, -0.1) is 11.8 Å². The van der Waals surface area contributed by atoms with Gasteiger partial charge in [0.15, 0.2) is 0 Å². The Labute approximate surface area is 198 Å². The first-order valence-corrected chi connectivity index (χ1v) is 11.3. The largest absolute Gasteiger partial charge is 0.497 e. The average Bonchev–Trinajstić information content (AvgIpc) is 2.95. The maximum absolute atomic E-state index is 13.2. The molecule has 0 spiro atoms. The number of hydrogen-bond donors (Lipinski definition) is 1. The highest BCUT2D eigenvalue weighted by molar-refractivity contribution is 7.99. The van der Waals surface area contributed by atoms with Gasteiger partial charge in [0, 0.05) is 22.3 Å². The molecule has 9 heteroatoms. The molecule has 4 rings (SSSR count). The Bertz CT molecular complexity index is 1180. The number of ether oxygens (including phenoxy) is 1. The van der Waals surface area contributed by atoms with Crippen LogP contribution in [0.15, 0.2) is 77.7 Å². The van der Waals surface area contributed by atoms with Crippen molar-refractivity contribution in [2.45, 2.75) is 22.7 Å². The van der Waals surface area contributed by atoms with Gasteiger partial charge in [0.05, 0.1) is 18.4 Å². The maximum atomic E-state index is 13.2. The summed E-state index contributed by atoms with van der Waals surface area (Å²) in [5, 5.41) is 2.42. The number of nitrogens with one attached hydrogen (secondary N) is 1. The van der Waals surface area contributed by atoms with Gasteiger partial charge < -0.3 is 15.0 Å². The van der Waals surface area contributed by atoms with E-state index in [0.717, 1.165) is 28.3 Å². The topological polar surface area (TPSA) is 58.6 Å². The van der Waals surface area contributed by atoms with Crippen LogP contribution in [0, 0.1) is 0 Å². The highest BCUT2D eigenvalue weighted by atomic mass is 32.2. The van der Waals surface area contributed by atoms with Gasteiger partial charge in [-0.1, -0.05) is 24.3 Å². The fourth-order valence-corrected chi connectivity index (χ4v) is 4.92. The monoisotopic (exact) mass is 486 g/mol. The van der Waals surface area contributed by atoms with E-state index < -0.39 is 17.6 Å². The molecule has 0 unspecified atom stereocenters. The predicted octanol–water partition coefficient (Wildman–Crippen LogP) is 5.92. The van der Waals surface area contributed by atoms with Gasteiger partial charge >= 0.3 is 6.18 Å². The van der Waals surface area contributed by atoms with Crippen LogP contribution in [0.1, 0.15) is 22.8 Å². The van der Waals surface area contributed by atoms with Gasteiger partial charge in [0.1, 0.15) is 12.3 Å². The molecule has 3 aromatic rings. The Hall–Kier alpha value is -3.46. The van der Waals surface area contributed by atoms with E-state index in [9.17, 15) is 22.8 Å². The van der Waals surface area contributed by atoms with Gasteiger partial charge in [0.2, 0.25) is 11.8 Å². The van der Waals surface area contributed by atoms with Gasteiger partial charge in [-0.2, -0.15) is 13.2 Å². The van der Waals surface area contributed by atoms with Gasteiger partial charge in [-0.3, -0.25) is 9.59 Å². The Balaban J connectivity index is 1.52. The molecule has 3 aromatic carbocycles. The third-order valence-electron chi connectivity index (χ3n) is 5.37. The smallest absolute Gasteiger partial charge is 0.416 e. The van der Waals surface area contributed by atoms with Crippen molar-refractivity contribution in [1.29, 1.82) is 0 Å². The van der Waals surface area contributed by atoms with Crippen LogP contribution in [0.4, 0.5) is 24.5 Å². The lowest BCUT2D eigenvalue weighted by molar-refractivity contribution is -0.137. The summed E-state index contributed by atoms with van der Waals surface area (Å²) in [4.78, 5) is 28.2. The molecule has 0 fully saturated rings. The number of para-hydroxylation sites is 1. The van der Waals surface area contributed by atoms with Crippen LogP contribution in [0.2, 0.25) is 0 Å². The highest BCUT2D eigenvalue weighted by Crippen LogP contribution is 2.45. The number of rotatable bonds is 5. The average molecular weight is 487 g/mol. The van der Waals surface area contributed by atoms with E-state index in [1.165, 1.54) is 17.0 Å². The zero-order valence-electron chi connectivity index (χ0n) is 18.1. The van der Waals surface area contributed by atoms with Crippen LogP contribution in [0.25, 0.3) is 0 Å². The zero-order valence-corrected chi connectivity index (χ0v) is 19.0. The fraction of sp³-hybridized carbons (Fsp3) is 0.200. The predicted molar refractivity (Wildman–Crippen MR) is 125 cm³/mol. The number of carbonyl (C=O) groups excluding carboxylic acids is 2. The van der Waals surface area contributed by atoms with Crippen LogP contribution in [0.3, 0.4) is 0 Å². The van der Waals surface area contributed by atoms with Crippen molar-refractivity contribution >= 4 is 35.0 Å². The van der Waals surface area contributed by atoms with Crippen LogP contribution in [-0.2, 0) is 15.8 Å². The first-order valence-electron chi connectivity index (χ1n) is 10.4. The molecule has 1 N–H and O–H groups in total. The molecule has 0 saturated carbocycles. The first kappa shape index (κ1) is 23.7. The van der Waals surface area contributed by atoms with E-state index in [1.54, 1.807) is 31.0 Å². The lowest BCUT2D eigenvalue weighted by Crippen LogP contribution is -2.38. The van der Waals surface area contributed by atoms with Crippen molar-refractivity contribution in [3.8, 4) is 5.75 Å². The number of alkyl halides is 3. The zero-order chi connectivity index (χ0) is 24.3. The molecular weight excluding hydrogens is 465 g/mol. The van der Waals surface area contributed by atoms with E-state index in [4.69, 9.17) is 4.74 Å². The molecule has 0 saturated heterocycles. The van der Waals surface area contributed by atoms with Crippen molar-refractivity contribution in [1.82, 2.24) is 0 Å². The minimum Gasteiger partial charge on any atom is -0.497 e. The van der Waals surface area contributed by atoms with E-state index in [0.29, 0.717) is 5.69 Å². The standard InChI is InChI=1S/C25H21F3N2O3S/c1-33-19-12-6-16(7-13-19)22-14-24(32)30(20-4-2-3-5-21(20)34-22)15-23(31)29-18-10-8-17(9-11-18)25(26,27)28/h2-13,22H,14-15H2,1H3,(H,29,31)/t22-/m1/s1. The second kappa shape index (κ2) is 9.80. The molecule has 0 aromatic heterocycles. The third kappa shape index (κ3) is 5.36. The normalized spacial score (nSPS) is 15.9. The van der Waals surface area contributed by atoms with E-state index >= 15 is 0 Å². The molecule has 5 nitrogen and oxygen atoms in total. The molecule has 0 radical (unpaired) electrons. The Morgan fingerprint density at radius 3 is 2.38 bits per heavy atom. The summed E-state index contributed by atoms with van der Waals surface area (Å²) < 4.78 is 43.5. The molecular formula is C25H21F3N2O3S. The van der Waals surface area contributed by atoms with Crippen LogP contribution in [-0.4, -0.2) is 25.5 Å². The van der Waals surface area contributed by atoms with Gasteiger partial charge in [0.25, 0.3) is 0 Å². The maximum Gasteiger partial charge on any atom is 0.416 e. The quantitative estimate of drug-likeness (QED) is 0.486. The van der Waals surface area contributed by atoms with Crippen LogP contribution >= 0.6 is 11.8 Å². The summed E-state index contributed by atoms with van der Waals surface area (Å²) in [7, 11) is 1.59. The molecule has 0 aliphatic carbocycles. The number of anilines is 2. The van der Waals surface area contributed by atoms with Crippen LogP contribution < -0.4 is 15.0 Å². The van der Waals surface area contributed by atoms with Crippen molar-refractivity contribution in [2.75, 3.05) is 23.9 Å². The van der Waals surface area contributed by atoms with Crippen molar-refractivity contribution in [3.63, 3.8) is 0 Å². The molecule has 176 valence electrons. The second-order valence-corrected chi connectivity index (χ2v) is 8.90. The number of thioether (sulfide) groups is 1. The van der Waals surface area contributed by atoms with Crippen molar-refractivity contribution in [2.24, 2.45) is 0 Å². The number of benzene rings is 3. The number of halogens is 3. The van der Waals surface area contributed by atoms with E-state index in [1.807, 2.05) is 36.4 Å². The summed E-state index contributed by atoms with van der Waals surface area (Å²) in [5.74, 6) is -0.00712. The molecule has 2 amide bonds. The lowest BCUT2D eigenvalue weighted by atomic mass is 10.1. The van der Waals surface area contributed by atoms with E-state index in [2.05, 4.69) is 5.32 Å². The number of fused-ring (bicyclic) bond motifs is 1. The molecule has 1 heterocycles. The molecule has 1 aliphatic heterocycles. The number of nitrogens with zero attached hydrogens (tertiary/aromatic N) is 1. The Morgan fingerprint density at radius 2 is 1.74 bits per heavy atom. The molecule has 0 bridgehead atoms. The lowest BCUT2D eigenvalue weighted by Gasteiger charge is -2.22. The molecule has 1 atom stereocenters. The minimum atomic E-state index is -4.46. The van der Waals surface area contributed by atoms with E-state index in [-0.39, 0.29) is 29.8 Å². The summed E-state index contributed by atoms with van der Waals surface area (Å²) >= 11 is 1.55. The Kier molecular flexibility index (Phi) is 6.83. The van der Waals surface area contributed by atoms with Gasteiger partial charge in [-0.25, -0.2) is 0 Å². The van der Waals surface area contributed by atoms with Gasteiger partial charge in [-0.05, 0) is 54.1 Å². The first-order chi connectivity index (χ1) is 16.2. The summed E-state index contributed by atoms with van der Waals surface area (Å²) in [6.07, 6.45) is -4.28. The molecule has 34 heavy (non-hydrogen) atoms. The fourth-order valence-electron chi connectivity index (χ4n) is 3.64. The SMILES string of the molecule is COc1ccc([C@H]2CC(=O)N(CC(=O)Nc3ccc(C(F)(F)F)cc3)c3ccccc3S2)cc1. The molecule has 1 aliphatic rings. The number of hydrogen-bond acceptors (Lipinski definition) is 4. The third-order valence-corrected chi connectivity index (χ3v) is 6.69.